The van der Waals surface area contributed by atoms with Crippen LogP contribution in [0, 0.1) is 5.82 Å². The molecule has 10 heteroatoms. The summed E-state index contributed by atoms with van der Waals surface area (Å²) in [5.74, 6) is -3.68. The van der Waals surface area contributed by atoms with Gasteiger partial charge in [-0.3, -0.25) is 0 Å². The molecular weight excluding hydrogens is 405 g/mol. The second-order valence-corrected chi connectivity index (χ2v) is 9.34. The van der Waals surface area contributed by atoms with Gasteiger partial charge >= 0.3 is 0 Å². The molecule has 0 aliphatic carbocycles. The van der Waals surface area contributed by atoms with Gasteiger partial charge in [-0.15, -0.1) is 0 Å². The van der Waals surface area contributed by atoms with E-state index in [4.69, 9.17) is 0 Å². The van der Waals surface area contributed by atoms with Gasteiger partial charge in [0.1, 0.15) is 5.82 Å². The molecule has 2 heterocycles. The lowest BCUT2D eigenvalue weighted by Gasteiger charge is -2.23. The topological polar surface area (TPSA) is 67.2 Å². The van der Waals surface area contributed by atoms with Crippen molar-refractivity contribution >= 4 is 10.0 Å². The maximum Gasteiger partial charge on any atom is 0.262 e. The summed E-state index contributed by atoms with van der Waals surface area (Å²) in [6.07, 6.45) is 2.89. The summed E-state index contributed by atoms with van der Waals surface area (Å²) in [5, 5.41) is 2.77. The van der Waals surface area contributed by atoms with Crippen LogP contribution >= 0.6 is 0 Å². The predicted octanol–water partition coefficient (Wildman–Crippen LogP) is 2.74. The van der Waals surface area contributed by atoms with Crippen molar-refractivity contribution in [3.8, 4) is 0 Å². The van der Waals surface area contributed by atoms with Gasteiger partial charge in [0.15, 0.2) is 5.03 Å². The lowest BCUT2D eigenvalue weighted by atomic mass is 9.94. The number of hydrogen-bond donors (Lipinski definition) is 1. The van der Waals surface area contributed by atoms with E-state index in [0.29, 0.717) is 12.0 Å². The number of sulfonamides is 1. The van der Waals surface area contributed by atoms with E-state index in [9.17, 15) is 21.6 Å². The third-order valence-electron chi connectivity index (χ3n) is 5.11. The van der Waals surface area contributed by atoms with E-state index < -0.39 is 34.3 Å². The fraction of sp³-hybridized carbons (Fsp3) is 0.526. The third-order valence-corrected chi connectivity index (χ3v) is 6.83. The Bertz CT molecular complexity index is 931. The van der Waals surface area contributed by atoms with Crippen molar-refractivity contribution in [3.05, 3.63) is 48.2 Å². The highest BCUT2D eigenvalue weighted by molar-refractivity contribution is 7.89. The molecule has 1 N–H and O–H groups in total. The van der Waals surface area contributed by atoms with Gasteiger partial charge in [-0.2, -0.15) is 4.31 Å². The van der Waals surface area contributed by atoms with Gasteiger partial charge in [-0.25, -0.2) is 26.6 Å². The number of nitrogens with zero attached hydrogens (tertiary/aromatic N) is 3. The standard InChI is InChI=1S/C19H25F3N4O2S/c1-3-8-19(21,22)12-23-17-10-26(29(27,28)18-11-25(2)13-24-18)9-16(17)14-4-6-15(20)7-5-14/h4-7,11,13,16-17,23H,3,8-10,12H2,1-2H3. The minimum atomic E-state index is -3.86. The molecule has 160 valence electrons. The monoisotopic (exact) mass is 430 g/mol. The Labute approximate surface area is 168 Å². The van der Waals surface area contributed by atoms with Gasteiger partial charge in [-0.1, -0.05) is 25.5 Å². The van der Waals surface area contributed by atoms with Crippen molar-refractivity contribution in [2.75, 3.05) is 19.6 Å². The number of rotatable bonds is 8. The van der Waals surface area contributed by atoms with Gasteiger partial charge < -0.3 is 9.88 Å². The van der Waals surface area contributed by atoms with Gasteiger partial charge in [0.25, 0.3) is 15.9 Å². The molecule has 2 unspecified atom stereocenters. The molecule has 1 aliphatic heterocycles. The molecule has 1 aromatic heterocycles. The molecule has 0 spiro atoms. The molecule has 29 heavy (non-hydrogen) atoms. The molecule has 1 fully saturated rings. The summed E-state index contributed by atoms with van der Waals surface area (Å²) in [6, 6.07) is 5.18. The average Bonchev–Trinajstić information content (AvgIpc) is 3.28. The van der Waals surface area contributed by atoms with Crippen LogP contribution in [0.3, 0.4) is 0 Å². The molecule has 0 amide bonds. The summed E-state index contributed by atoms with van der Waals surface area (Å²) in [6.45, 7) is 1.28. The molecule has 0 saturated carbocycles. The SMILES string of the molecule is CCCC(F)(F)CNC1CN(S(=O)(=O)c2cn(C)cn2)CC1c1ccc(F)cc1. The first-order valence-corrected chi connectivity index (χ1v) is 10.9. The van der Waals surface area contributed by atoms with E-state index in [1.165, 1.54) is 33.5 Å². The highest BCUT2D eigenvalue weighted by Crippen LogP contribution is 2.32. The molecule has 0 bridgehead atoms. The van der Waals surface area contributed by atoms with Gasteiger partial charge in [0.05, 0.1) is 12.9 Å². The molecule has 1 aromatic carbocycles. The summed E-state index contributed by atoms with van der Waals surface area (Å²) < 4.78 is 70.0. The Morgan fingerprint density at radius 2 is 1.93 bits per heavy atom. The smallest absolute Gasteiger partial charge is 0.262 e. The highest BCUT2D eigenvalue weighted by Gasteiger charge is 2.42. The number of aryl methyl sites for hydroxylation is 1. The molecular formula is C19H25F3N4O2S. The number of alkyl halides is 2. The molecule has 2 atom stereocenters. The molecule has 1 aliphatic rings. The largest absolute Gasteiger partial charge is 0.339 e. The zero-order chi connectivity index (χ0) is 21.2. The molecule has 2 aromatic rings. The minimum Gasteiger partial charge on any atom is -0.339 e. The highest BCUT2D eigenvalue weighted by atomic mass is 32.2. The first-order valence-electron chi connectivity index (χ1n) is 9.47. The van der Waals surface area contributed by atoms with E-state index >= 15 is 0 Å². The van der Waals surface area contributed by atoms with Crippen molar-refractivity contribution < 1.29 is 21.6 Å². The van der Waals surface area contributed by atoms with Gasteiger partial charge in [0, 0.05) is 44.7 Å². The average molecular weight is 430 g/mol. The van der Waals surface area contributed by atoms with Crippen molar-refractivity contribution in [3.63, 3.8) is 0 Å². The van der Waals surface area contributed by atoms with E-state index in [-0.39, 0.29) is 30.5 Å². The van der Waals surface area contributed by atoms with Crippen LogP contribution in [0.1, 0.15) is 31.2 Å². The van der Waals surface area contributed by atoms with Crippen molar-refractivity contribution in [1.29, 1.82) is 0 Å². The fourth-order valence-corrected chi connectivity index (χ4v) is 5.07. The van der Waals surface area contributed by atoms with Crippen molar-refractivity contribution in [1.82, 2.24) is 19.2 Å². The molecule has 1 saturated heterocycles. The van der Waals surface area contributed by atoms with E-state index in [0.717, 1.165) is 0 Å². The quantitative estimate of drug-likeness (QED) is 0.699. The lowest BCUT2D eigenvalue weighted by Crippen LogP contribution is -2.43. The first-order chi connectivity index (χ1) is 13.6. The minimum absolute atomic E-state index is 0.0309. The van der Waals surface area contributed by atoms with Crippen LogP contribution in [-0.4, -0.2) is 53.9 Å². The maximum atomic E-state index is 14.0. The van der Waals surface area contributed by atoms with E-state index in [1.807, 2.05) is 0 Å². The third kappa shape index (κ3) is 4.99. The Hall–Kier alpha value is -1.91. The van der Waals surface area contributed by atoms with Crippen LogP contribution in [0.15, 0.2) is 41.8 Å². The van der Waals surface area contributed by atoms with E-state index in [1.54, 1.807) is 26.1 Å². The summed E-state index contributed by atoms with van der Waals surface area (Å²) in [7, 11) is -2.20. The summed E-state index contributed by atoms with van der Waals surface area (Å²) >= 11 is 0. The van der Waals surface area contributed by atoms with Gasteiger partial charge in [0.2, 0.25) is 0 Å². The van der Waals surface area contributed by atoms with Crippen LogP contribution in [0.25, 0.3) is 0 Å². The number of imidazole rings is 1. The zero-order valence-electron chi connectivity index (χ0n) is 16.4. The van der Waals surface area contributed by atoms with Crippen LogP contribution in [-0.2, 0) is 17.1 Å². The summed E-state index contributed by atoms with van der Waals surface area (Å²) in [5.41, 5.74) is 0.696. The number of benzene rings is 1. The van der Waals surface area contributed by atoms with E-state index in [2.05, 4.69) is 10.3 Å². The molecule has 6 nitrogen and oxygen atoms in total. The first kappa shape index (κ1) is 21.8. The van der Waals surface area contributed by atoms with Crippen LogP contribution < -0.4 is 5.32 Å². The lowest BCUT2D eigenvalue weighted by molar-refractivity contribution is -0.00941. The molecule has 3 rings (SSSR count). The number of aromatic nitrogens is 2. The fourth-order valence-electron chi connectivity index (χ4n) is 3.61. The normalized spacial score (nSPS) is 21.0. The number of hydrogen-bond acceptors (Lipinski definition) is 4. The van der Waals surface area contributed by atoms with Crippen LogP contribution in [0.5, 0.6) is 0 Å². The summed E-state index contributed by atoms with van der Waals surface area (Å²) in [4.78, 5) is 3.92. The van der Waals surface area contributed by atoms with Gasteiger partial charge in [-0.05, 0) is 17.7 Å². The second-order valence-electron chi connectivity index (χ2n) is 7.45. The number of nitrogens with one attached hydrogen (secondary N) is 1. The molecule has 0 radical (unpaired) electrons. The van der Waals surface area contributed by atoms with Crippen molar-refractivity contribution in [2.45, 2.75) is 42.7 Å². The Morgan fingerprint density at radius 3 is 2.52 bits per heavy atom. The zero-order valence-corrected chi connectivity index (χ0v) is 17.2. The van der Waals surface area contributed by atoms with Crippen molar-refractivity contribution in [2.24, 2.45) is 7.05 Å². The Balaban J connectivity index is 1.84. The van der Waals surface area contributed by atoms with Crippen LogP contribution in [0.4, 0.5) is 13.2 Å². The maximum absolute atomic E-state index is 14.0. The Kier molecular flexibility index (Phi) is 6.35. The second kappa shape index (κ2) is 8.45. The Morgan fingerprint density at radius 1 is 1.24 bits per heavy atom. The number of halogens is 3. The van der Waals surface area contributed by atoms with Crippen LogP contribution in [0.2, 0.25) is 0 Å². The predicted molar refractivity (Wildman–Crippen MR) is 103 cm³/mol.